The summed E-state index contributed by atoms with van der Waals surface area (Å²) in [5, 5.41) is 11.6. The Morgan fingerprint density at radius 3 is 2.13 bits per heavy atom. The van der Waals surface area contributed by atoms with Crippen LogP contribution in [0.2, 0.25) is 0 Å². The SMILES string of the molecule is CC(C)(C)c1cccc(N(c2ccc(C(=O)O)cc2)c2cccc3ccccc23)c1. The van der Waals surface area contributed by atoms with Crippen LogP contribution in [0.1, 0.15) is 36.7 Å². The maximum atomic E-state index is 11.3. The van der Waals surface area contributed by atoms with Gasteiger partial charge in [0.15, 0.2) is 0 Å². The minimum Gasteiger partial charge on any atom is -0.478 e. The van der Waals surface area contributed by atoms with E-state index in [9.17, 15) is 9.90 Å². The predicted octanol–water partition coefficient (Wildman–Crippen LogP) is 7.31. The van der Waals surface area contributed by atoms with Crippen LogP contribution in [0.4, 0.5) is 17.1 Å². The second-order valence-electron chi connectivity index (χ2n) is 8.49. The van der Waals surface area contributed by atoms with Crippen LogP contribution in [0.5, 0.6) is 0 Å². The molecule has 3 heteroatoms. The van der Waals surface area contributed by atoms with Gasteiger partial charge in [-0.1, -0.05) is 69.3 Å². The maximum Gasteiger partial charge on any atom is 0.335 e. The summed E-state index contributed by atoms with van der Waals surface area (Å²) in [4.78, 5) is 13.5. The first-order valence-electron chi connectivity index (χ1n) is 10.1. The molecule has 0 bridgehead atoms. The molecule has 0 unspecified atom stereocenters. The number of carbonyl (C=O) groups is 1. The van der Waals surface area contributed by atoms with Gasteiger partial charge in [-0.05, 0) is 58.8 Å². The molecule has 0 aliphatic carbocycles. The van der Waals surface area contributed by atoms with Gasteiger partial charge in [-0.3, -0.25) is 0 Å². The van der Waals surface area contributed by atoms with Gasteiger partial charge in [-0.15, -0.1) is 0 Å². The van der Waals surface area contributed by atoms with E-state index in [1.54, 1.807) is 12.1 Å². The van der Waals surface area contributed by atoms with Crippen molar-refractivity contribution < 1.29 is 9.90 Å². The molecule has 0 fully saturated rings. The number of carboxylic acids is 1. The fraction of sp³-hybridized carbons (Fsp3) is 0.148. The molecule has 4 aromatic rings. The van der Waals surface area contributed by atoms with Gasteiger partial charge >= 0.3 is 5.97 Å². The highest BCUT2D eigenvalue weighted by atomic mass is 16.4. The molecule has 0 radical (unpaired) electrons. The van der Waals surface area contributed by atoms with E-state index in [2.05, 4.69) is 80.3 Å². The number of fused-ring (bicyclic) bond motifs is 1. The van der Waals surface area contributed by atoms with Gasteiger partial charge in [0.2, 0.25) is 0 Å². The van der Waals surface area contributed by atoms with Crippen molar-refractivity contribution in [3.63, 3.8) is 0 Å². The minimum absolute atomic E-state index is 0.0214. The Hall–Kier alpha value is -3.59. The summed E-state index contributed by atoms with van der Waals surface area (Å²) in [5.74, 6) is -0.923. The molecule has 4 rings (SSSR count). The lowest BCUT2D eigenvalue weighted by molar-refractivity contribution is 0.0697. The van der Waals surface area contributed by atoms with E-state index in [-0.39, 0.29) is 11.0 Å². The third kappa shape index (κ3) is 3.79. The highest BCUT2D eigenvalue weighted by Crippen LogP contribution is 2.40. The summed E-state index contributed by atoms with van der Waals surface area (Å²) in [6.45, 7) is 6.61. The normalized spacial score (nSPS) is 11.4. The van der Waals surface area contributed by atoms with E-state index >= 15 is 0 Å². The Labute approximate surface area is 177 Å². The zero-order valence-electron chi connectivity index (χ0n) is 17.5. The zero-order valence-corrected chi connectivity index (χ0v) is 17.5. The molecule has 0 aliphatic heterocycles. The lowest BCUT2D eigenvalue weighted by atomic mass is 9.87. The molecule has 0 aromatic heterocycles. The molecule has 0 heterocycles. The number of hydrogen-bond acceptors (Lipinski definition) is 2. The van der Waals surface area contributed by atoms with E-state index in [1.165, 1.54) is 5.56 Å². The highest BCUT2D eigenvalue weighted by Gasteiger charge is 2.19. The molecule has 4 aromatic carbocycles. The average molecular weight is 396 g/mol. The van der Waals surface area contributed by atoms with Gasteiger partial charge in [0.1, 0.15) is 0 Å². The molecule has 3 nitrogen and oxygen atoms in total. The average Bonchev–Trinajstić information content (AvgIpc) is 2.74. The van der Waals surface area contributed by atoms with E-state index in [1.807, 2.05) is 24.3 Å². The molecular formula is C27H25NO2. The van der Waals surface area contributed by atoms with Crippen LogP contribution < -0.4 is 4.90 Å². The number of aromatic carboxylic acids is 1. The molecule has 30 heavy (non-hydrogen) atoms. The molecule has 0 spiro atoms. The van der Waals surface area contributed by atoms with Crippen LogP contribution in [-0.4, -0.2) is 11.1 Å². The van der Waals surface area contributed by atoms with Crippen molar-refractivity contribution >= 4 is 33.8 Å². The van der Waals surface area contributed by atoms with Gasteiger partial charge in [0, 0.05) is 16.8 Å². The summed E-state index contributed by atoms with van der Waals surface area (Å²) in [5.41, 5.74) is 4.56. The molecule has 1 N–H and O–H groups in total. The summed E-state index contributed by atoms with van der Waals surface area (Å²) < 4.78 is 0. The van der Waals surface area contributed by atoms with Crippen molar-refractivity contribution in [2.45, 2.75) is 26.2 Å². The lowest BCUT2D eigenvalue weighted by Crippen LogP contribution is -2.14. The van der Waals surface area contributed by atoms with Crippen molar-refractivity contribution in [3.8, 4) is 0 Å². The van der Waals surface area contributed by atoms with Crippen molar-refractivity contribution in [1.82, 2.24) is 0 Å². The predicted molar refractivity (Wildman–Crippen MR) is 124 cm³/mol. The van der Waals surface area contributed by atoms with Gasteiger partial charge in [-0.25, -0.2) is 4.79 Å². The number of carboxylic acid groups (broad SMARTS) is 1. The Bertz CT molecular complexity index is 1200. The monoisotopic (exact) mass is 395 g/mol. The third-order valence-corrected chi connectivity index (χ3v) is 5.35. The van der Waals surface area contributed by atoms with Crippen molar-refractivity contribution in [1.29, 1.82) is 0 Å². The van der Waals surface area contributed by atoms with Gasteiger partial charge in [0.05, 0.1) is 11.3 Å². The number of rotatable bonds is 4. The summed E-state index contributed by atoms with van der Waals surface area (Å²) in [6, 6.07) is 30.2. The van der Waals surface area contributed by atoms with Gasteiger partial charge in [-0.2, -0.15) is 0 Å². The Morgan fingerprint density at radius 2 is 1.43 bits per heavy atom. The van der Waals surface area contributed by atoms with Crippen LogP contribution in [0.15, 0.2) is 91.0 Å². The molecule has 0 saturated heterocycles. The second kappa shape index (κ2) is 7.68. The van der Waals surface area contributed by atoms with Crippen LogP contribution in [0.3, 0.4) is 0 Å². The van der Waals surface area contributed by atoms with E-state index in [0.29, 0.717) is 0 Å². The largest absolute Gasteiger partial charge is 0.478 e. The molecule has 150 valence electrons. The second-order valence-corrected chi connectivity index (χ2v) is 8.49. The van der Waals surface area contributed by atoms with Crippen LogP contribution >= 0.6 is 0 Å². The van der Waals surface area contributed by atoms with Gasteiger partial charge in [0.25, 0.3) is 0 Å². The number of hydrogen-bond donors (Lipinski definition) is 1. The quantitative estimate of drug-likeness (QED) is 0.394. The standard InChI is InChI=1S/C27H25NO2/c1-27(2,3)21-10-7-11-23(18-21)28(22-16-14-20(15-17-22)26(29)30)25-13-6-9-19-8-4-5-12-24(19)25/h4-18H,1-3H3,(H,29,30). The number of benzene rings is 4. The van der Waals surface area contributed by atoms with E-state index < -0.39 is 5.97 Å². The molecule has 0 saturated carbocycles. The van der Waals surface area contributed by atoms with Crippen LogP contribution in [-0.2, 0) is 5.41 Å². The first-order valence-corrected chi connectivity index (χ1v) is 10.1. The maximum absolute atomic E-state index is 11.3. The Balaban J connectivity index is 1.95. The molecule has 0 atom stereocenters. The third-order valence-electron chi connectivity index (χ3n) is 5.35. The van der Waals surface area contributed by atoms with E-state index in [0.717, 1.165) is 27.8 Å². The first kappa shape index (κ1) is 19.7. The van der Waals surface area contributed by atoms with Crippen molar-refractivity contribution in [3.05, 3.63) is 102 Å². The zero-order chi connectivity index (χ0) is 21.3. The van der Waals surface area contributed by atoms with Crippen molar-refractivity contribution in [2.24, 2.45) is 0 Å². The molecular weight excluding hydrogens is 370 g/mol. The first-order chi connectivity index (χ1) is 14.3. The Kier molecular flexibility index (Phi) is 5.04. The Morgan fingerprint density at radius 1 is 0.767 bits per heavy atom. The van der Waals surface area contributed by atoms with Crippen LogP contribution in [0, 0.1) is 0 Å². The van der Waals surface area contributed by atoms with Gasteiger partial charge < -0.3 is 10.0 Å². The summed E-state index contributed by atoms with van der Waals surface area (Å²) in [7, 11) is 0. The molecule has 0 amide bonds. The number of nitrogens with zero attached hydrogens (tertiary/aromatic N) is 1. The van der Waals surface area contributed by atoms with Crippen molar-refractivity contribution in [2.75, 3.05) is 4.90 Å². The smallest absolute Gasteiger partial charge is 0.335 e. The highest BCUT2D eigenvalue weighted by molar-refractivity contribution is 5.99. The fourth-order valence-electron chi connectivity index (χ4n) is 3.70. The summed E-state index contributed by atoms with van der Waals surface area (Å²) >= 11 is 0. The van der Waals surface area contributed by atoms with Crippen LogP contribution in [0.25, 0.3) is 10.8 Å². The topological polar surface area (TPSA) is 40.5 Å². The molecule has 0 aliphatic rings. The minimum atomic E-state index is -0.923. The number of anilines is 3. The fourth-order valence-corrected chi connectivity index (χ4v) is 3.70. The lowest BCUT2D eigenvalue weighted by Gasteiger charge is -2.29. The van der Waals surface area contributed by atoms with E-state index in [4.69, 9.17) is 0 Å². The summed E-state index contributed by atoms with van der Waals surface area (Å²) in [6.07, 6.45) is 0.